The molecule has 5 nitrogen and oxygen atoms in total. The van der Waals surface area contributed by atoms with E-state index in [0.29, 0.717) is 16.7 Å². The minimum Gasteiger partial charge on any atom is -0.380 e. The number of pyridine rings is 1. The van der Waals surface area contributed by atoms with Gasteiger partial charge in [-0.15, -0.1) is 0 Å². The number of imidazole rings is 1. The molecule has 0 bridgehead atoms. The molecule has 0 aliphatic carbocycles. The lowest BCUT2D eigenvalue weighted by Gasteiger charge is -2.26. The molecule has 2 aromatic carbocycles. The fourth-order valence-electron chi connectivity index (χ4n) is 3.78. The molecule has 0 saturated carbocycles. The third kappa shape index (κ3) is 2.97. The third-order valence-corrected chi connectivity index (χ3v) is 5.20. The van der Waals surface area contributed by atoms with Gasteiger partial charge in [0.15, 0.2) is 11.6 Å². The van der Waals surface area contributed by atoms with Gasteiger partial charge in [-0.3, -0.25) is 4.98 Å². The highest BCUT2D eigenvalue weighted by Crippen LogP contribution is 2.35. The number of aromatic nitrogens is 3. The molecular weight excluding hydrogens is 360 g/mol. The number of para-hydroxylation sites is 2. The first kappa shape index (κ1) is 17.1. The molecule has 1 atom stereocenters. The summed E-state index contributed by atoms with van der Waals surface area (Å²) in [5.41, 5.74) is 3.61. The smallest absolute Gasteiger partial charge is 0.161 e. The molecule has 7 heteroatoms. The molecule has 3 heterocycles. The number of nitrogens with zero attached hydrogens (tertiary/aromatic N) is 2. The lowest BCUT2D eigenvalue weighted by atomic mass is 10.0. The van der Waals surface area contributed by atoms with Crippen LogP contribution in [0.25, 0.3) is 33.3 Å². The number of benzene rings is 2. The molecule has 2 aromatic heterocycles. The van der Waals surface area contributed by atoms with E-state index in [4.69, 9.17) is 0 Å². The molecule has 1 aliphatic rings. The minimum absolute atomic E-state index is 0.190. The van der Waals surface area contributed by atoms with E-state index in [1.165, 1.54) is 6.07 Å². The van der Waals surface area contributed by atoms with Crippen LogP contribution in [-0.4, -0.2) is 34.1 Å². The predicted molar refractivity (Wildman–Crippen MR) is 106 cm³/mol. The van der Waals surface area contributed by atoms with Crippen molar-refractivity contribution in [2.24, 2.45) is 0 Å². The maximum atomic E-state index is 14.0. The SMILES string of the molecule is Fc1cc2ncc(-c3nc4ccccc4[nH]3)c(NC3CCCNC3)c2cc1F. The first-order valence-electron chi connectivity index (χ1n) is 9.39. The van der Waals surface area contributed by atoms with E-state index in [-0.39, 0.29) is 6.04 Å². The van der Waals surface area contributed by atoms with Crippen LogP contribution in [0, 0.1) is 11.6 Å². The Morgan fingerprint density at radius 3 is 2.75 bits per heavy atom. The van der Waals surface area contributed by atoms with Crippen molar-refractivity contribution < 1.29 is 8.78 Å². The molecule has 1 fully saturated rings. The first-order valence-corrected chi connectivity index (χ1v) is 9.39. The predicted octanol–water partition coefficient (Wildman–Crippen LogP) is 4.22. The molecule has 0 spiro atoms. The molecular formula is C21H19F2N5. The van der Waals surface area contributed by atoms with Crippen molar-refractivity contribution in [2.75, 3.05) is 18.4 Å². The summed E-state index contributed by atoms with van der Waals surface area (Å²) in [6.07, 6.45) is 3.72. The number of rotatable bonds is 3. The average Bonchev–Trinajstić information content (AvgIpc) is 3.14. The largest absolute Gasteiger partial charge is 0.380 e. The normalized spacial score (nSPS) is 17.3. The molecule has 1 saturated heterocycles. The number of halogens is 2. The van der Waals surface area contributed by atoms with E-state index in [2.05, 4.69) is 25.6 Å². The summed E-state index contributed by atoms with van der Waals surface area (Å²) in [5, 5.41) is 7.44. The summed E-state index contributed by atoms with van der Waals surface area (Å²) in [6, 6.07) is 10.3. The second-order valence-corrected chi connectivity index (χ2v) is 7.12. The number of fused-ring (bicyclic) bond motifs is 2. The van der Waals surface area contributed by atoms with Crippen molar-refractivity contribution in [1.29, 1.82) is 0 Å². The van der Waals surface area contributed by atoms with Crippen LogP contribution in [0.1, 0.15) is 12.8 Å². The highest BCUT2D eigenvalue weighted by Gasteiger charge is 2.20. The molecule has 4 aromatic rings. The number of piperidine rings is 1. The second-order valence-electron chi connectivity index (χ2n) is 7.12. The van der Waals surface area contributed by atoms with Gasteiger partial charge in [-0.2, -0.15) is 0 Å². The van der Waals surface area contributed by atoms with Gasteiger partial charge in [-0.1, -0.05) is 12.1 Å². The van der Waals surface area contributed by atoms with Gasteiger partial charge in [0, 0.05) is 30.2 Å². The third-order valence-electron chi connectivity index (χ3n) is 5.20. The van der Waals surface area contributed by atoms with Gasteiger partial charge in [0.1, 0.15) is 5.82 Å². The number of anilines is 1. The number of nitrogens with one attached hydrogen (secondary N) is 3. The lowest BCUT2D eigenvalue weighted by molar-refractivity contribution is 0.480. The van der Waals surface area contributed by atoms with Gasteiger partial charge < -0.3 is 15.6 Å². The number of H-pyrrole nitrogens is 1. The highest BCUT2D eigenvalue weighted by molar-refractivity contribution is 5.99. The van der Waals surface area contributed by atoms with Crippen LogP contribution in [-0.2, 0) is 0 Å². The quantitative estimate of drug-likeness (QED) is 0.499. The maximum absolute atomic E-state index is 14.0. The summed E-state index contributed by atoms with van der Waals surface area (Å²) in [7, 11) is 0. The molecule has 3 N–H and O–H groups in total. The van der Waals surface area contributed by atoms with E-state index >= 15 is 0 Å². The molecule has 0 radical (unpaired) electrons. The van der Waals surface area contributed by atoms with Gasteiger partial charge in [-0.05, 0) is 37.6 Å². The van der Waals surface area contributed by atoms with Gasteiger partial charge in [0.25, 0.3) is 0 Å². The lowest BCUT2D eigenvalue weighted by Crippen LogP contribution is -2.38. The summed E-state index contributed by atoms with van der Waals surface area (Å²) in [4.78, 5) is 12.3. The van der Waals surface area contributed by atoms with E-state index in [1.807, 2.05) is 24.3 Å². The Labute approximate surface area is 160 Å². The standard InChI is InChI=1S/C21H19F2N5/c22-15-8-13-19(9-16(15)23)25-11-14(20(13)26-12-4-3-7-24-10-12)21-27-17-5-1-2-6-18(17)28-21/h1-2,5-6,8-9,11-12,24H,3-4,7,10H2,(H,25,26)(H,27,28). The van der Waals surface area contributed by atoms with Gasteiger partial charge in [0.05, 0.1) is 27.8 Å². The van der Waals surface area contributed by atoms with Crippen molar-refractivity contribution in [3.05, 3.63) is 54.2 Å². The number of aromatic amines is 1. The monoisotopic (exact) mass is 379 g/mol. The fourth-order valence-corrected chi connectivity index (χ4v) is 3.78. The van der Waals surface area contributed by atoms with Crippen LogP contribution in [0.5, 0.6) is 0 Å². The number of hydrogen-bond donors (Lipinski definition) is 3. The van der Waals surface area contributed by atoms with E-state index in [9.17, 15) is 8.78 Å². The summed E-state index contributed by atoms with van der Waals surface area (Å²) >= 11 is 0. The average molecular weight is 379 g/mol. The topological polar surface area (TPSA) is 65.6 Å². The van der Waals surface area contributed by atoms with Gasteiger partial charge >= 0.3 is 0 Å². The Morgan fingerprint density at radius 2 is 1.93 bits per heavy atom. The fraction of sp³-hybridized carbons (Fsp3) is 0.238. The first-order chi connectivity index (χ1) is 13.7. The Morgan fingerprint density at radius 1 is 1.07 bits per heavy atom. The summed E-state index contributed by atoms with van der Waals surface area (Å²) in [5.74, 6) is -1.14. The van der Waals surface area contributed by atoms with Crippen LogP contribution < -0.4 is 10.6 Å². The van der Waals surface area contributed by atoms with Crippen LogP contribution in [0.15, 0.2) is 42.6 Å². The molecule has 142 valence electrons. The summed E-state index contributed by atoms with van der Waals surface area (Å²) in [6.45, 7) is 1.80. The van der Waals surface area contributed by atoms with Gasteiger partial charge in [0.2, 0.25) is 0 Å². The molecule has 1 unspecified atom stereocenters. The highest BCUT2D eigenvalue weighted by atomic mass is 19.2. The zero-order valence-electron chi connectivity index (χ0n) is 15.1. The van der Waals surface area contributed by atoms with Crippen LogP contribution in [0.2, 0.25) is 0 Å². The summed E-state index contributed by atoms with van der Waals surface area (Å²) < 4.78 is 27.8. The van der Waals surface area contributed by atoms with Crippen LogP contribution in [0.3, 0.4) is 0 Å². The zero-order valence-corrected chi connectivity index (χ0v) is 15.1. The Hall–Kier alpha value is -3.06. The van der Waals surface area contributed by atoms with Crippen molar-refractivity contribution in [3.63, 3.8) is 0 Å². The van der Waals surface area contributed by atoms with Gasteiger partial charge in [-0.25, -0.2) is 13.8 Å². The molecule has 28 heavy (non-hydrogen) atoms. The van der Waals surface area contributed by atoms with Crippen molar-refractivity contribution >= 4 is 27.6 Å². The van der Waals surface area contributed by atoms with Crippen LogP contribution >= 0.6 is 0 Å². The minimum atomic E-state index is -0.901. The van der Waals surface area contributed by atoms with Crippen molar-refractivity contribution in [3.8, 4) is 11.4 Å². The Bertz CT molecular complexity index is 1130. The Kier molecular flexibility index (Phi) is 4.16. The van der Waals surface area contributed by atoms with Crippen molar-refractivity contribution in [1.82, 2.24) is 20.3 Å². The van der Waals surface area contributed by atoms with Crippen molar-refractivity contribution in [2.45, 2.75) is 18.9 Å². The maximum Gasteiger partial charge on any atom is 0.161 e. The van der Waals surface area contributed by atoms with E-state index in [1.54, 1.807) is 6.20 Å². The second kappa shape index (κ2) is 6.83. The molecule has 0 amide bonds. The number of hydrogen-bond acceptors (Lipinski definition) is 4. The Balaban J connectivity index is 1.70. The zero-order chi connectivity index (χ0) is 19.1. The molecule has 5 rings (SSSR count). The molecule has 1 aliphatic heterocycles. The van der Waals surface area contributed by atoms with Crippen LogP contribution in [0.4, 0.5) is 14.5 Å². The van der Waals surface area contributed by atoms with E-state index in [0.717, 1.165) is 54.3 Å². The van der Waals surface area contributed by atoms with E-state index < -0.39 is 11.6 Å².